The Morgan fingerprint density at radius 2 is 1.83 bits per heavy atom. The molecular weight excluding hydrogens is 252 g/mol. The zero-order valence-corrected chi connectivity index (χ0v) is 11.0. The third-order valence-corrected chi connectivity index (χ3v) is 3.63. The van der Waals surface area contributed by atoms with Gasteiger partial charge in [-0.3, -0.25) is 0 Å². The molecule has 0 aromatic carbocycles. The molecule has 0 bridgehead atoms. The van der Waals surface area contributed by atoms with Gasteiger partial charge in [-0.2, -0.15) is 0 Å². The average Bonchev–Trinajstić information content (AvgIpc) is 2.29. The number of halogens is 1. The summed E-state index contributed by atoms with van der Waals surface area (Å²) in [5, 5.41) is 9.31. The van der Waals surface area contributed by atoms with E-state index in [9.17, 15) is 4.79 Å². The molecule has 0 aliphatic carbocycles. The van der Waals surface area contributed by atoms with Crippen molar-refractivity contribution in [2.75, 3.05) is 18.0 Å². The molecule has 1 saturated heterocycles. The Labute approximate surface area is 112 Å². The molecular formula is C13H17ClN2O2. The van der Waals surface area contributed by atoms with E-state index in [1.54, 1.807) is 0 Å². The number of aromatic carboxylic acids is 1. The number of hydrogen-bond donors (Lipinski definition) is 1. The average molecular weight is 269 g/mol. The Morgan fingerprint density at radius 3 is 2.44 bits per heavy atom. The van der Waals surface area contributed by atoms with Crippen molar-refractivity contribution in [3.63, 3.8) is 0 Å². The van der Waals surface area contributed by atoms with Crippen molar-refractivity contribution < 1.29 is 9.90 Å². The summed E-state index contributed by atoms with van der Waals surface area (Å²) in [6.07, 6.45) is 7.44. The first kappa shape index (κ1) is 13.1. The topological polar surface area (TPSA) is 53.4 Å². The van der Waals surface area contributed by atoms with Crippen molar-refractivity contribution in [2.24, 2.45) is 0 Å². The van der Waals surface area contributed by atoms with Crippen molar-refractivity contribution in [3.05, 3.63) is 22.8 Å². The second-order valence-electron chi connectivity index (χ2n) is 4.56. The number of pyridine rings is 1. The van der Waals surface area contributed by atoms with Crippen molar-refractivity contribution in [3.8, 4) is 0 Å². The van der Waals surface area contributed by atoms with Crippen molar-refractivity contribution >= 4 is 23.4 Å². The smallest absolute Gasteiger partial charge is 0.337 e. The summed E-state index contributed by atoms with van der Waals surface area (Å²) in [5.41, 5.74) is 0.128. The van der Waals surface area contributed by atoms with E-state index in [2.05, 4.69) is 9.88 Å². The Balaban J connectivity index is 2.25. The maximum absolute atomic E-state index is 11.0. The van der Waals surface area contributed by atoms with Gasteiger partial charge >= 0.3 is 5.97 Å². The summed E-state index contributed by atoms with van der Waals surface area (Å²) >= 11 is 6.15. The first-order valence-electron chi connectivity index (χ1n) is 6.33. The van der Waals surface area contributed by atoms with E-state index in [-0.39, 0.29) is 10.6 Å². The van der Waals surface area contributed by atoms with Crippen LogP contribution in [0.4, 0.5) is 5.82 Å². The third kappa shape index (κ3) is 2.93. The van der Waals surface area contributed by atoms with Gasteiger partial charge in [0.25, 0.3) is 0 Å². The zero-order valence-electron chi connectivity index (χ0n) is 10.2. The summed E-state index contributed by atoms with van der Waals surface area (Å²) in [6.45, 7) is 1.80. The van der Waals surface area contributed by atoms with Crippen LogP contribution in [0.5, 0.6) is 0 Å². The minimum Gasteiger partial charge on any atom is -0.478 e. The van der Waals surface area contributed by atoms with Crippen LogP contribution in [0.2, 0.25) is 5.02 Å². The number of carboxylic acid groups (broad SMARTS) is 1. The van der Waals surface area contributed by atoms with Crippen LogP contribution in [0.25, 0.3) is 0 Å². The quantitative estimate of drug-likeness (QED) is 0.895. The molecule has 98 valence electrons. The van der Waals surface area contributed by atoms with Crippen LogP contribution in [-0.4, -0.2) is 29.1 Å². The van der Waals surface area contributed by atoms with Gasteiger partial charge in [-0.05, 0) is 18.9 Å². The Kier molecular flexibility index (Phi) is 4.42. The summed E-state index contributed by atoms with van der Waals surface area (Å²) in [7, 11) is 0. The standard InChI is InChI=1S/C13H17ClN2O2/c14-11-10(13(17)18)6-7-15-12(11)16-8-4-2-1-3-5-9-16/h6-7H,1-5,8-9H2,(H,17,18). The lowest BCUT2D eigenvalue weighted by molar-refractivity contribution is 0.0697. The molecule has 1 fully saturated rings. The highest BCUT2D eigenvalue weighted by Gasteiger charge is 2.18. The van der Waals surface area contributed by atoms with Crippen LogP contribution >= 0.6 is 11.6 Å². The van der Waals surface area contributed by atoms with Gasteiger partial charge in [-0.15, -0.1) is 0 Å². The monoisotopic (exact) mass is 268 g/mol. The summed E-state index contributed by atoms with van der Waals surface area (Å²) in [5.74, 6) is -0.394. The van der Waals surface area contributed by atoms with Crippen LogP contribution in [0.3, 0.4) is 0 Å². The molecule has 5 heteroatoms. The third-order valence-electron chi connectivity index (χ3n) is 3.26. The number of aromatic nitrogens is 1. The Bertz CT molecular complexity index is 429. The number of carbonyl (C=O) groups is 1. The lowest BCUT2D eigenvalue weighted by Gasteiger charge is -2.26. The van der Waals surface area contributed by atoms with E-state index in [1.165, 1.54) is 31.5 Å². The molecule has 0 radical (unpaired) electrons. The highest BCUT2D eigenvalue weighted by molar-refractivity contribution is 6.35. The molecule has 4 nitrogen and oxygen atoms in total. The molecule has 2 rings (SSSR count). The van der Waals surface area contributed by atoms with Crippen molar-refractivity contribution in [1.29, 1.82) is 0 Å². The minimum atomic E-state index is -1.00. The second-order valence-corrected chi connectivity index (χ2v) is 4.93. The zero-order chi connectivity index (χ0) is 13.0. The van der Waals surface area contributed by atoms with Crippen LogP contribution in [0, 0.1) is 0 Å². The van der Waals surface area contributed by atoms with Gasteiger partial charge < -0.3 is 10.0 Å². The fourth-order valence-electron chi connectivity index (χ4n) is 2.28. The van der Waals surface area contributed by atoms with Gasteiger partial charge in [-0.1, -0.05) is 30.9 Å². The molecule has 18 heavy (non-hydrogen) atoms. The van der Waals surface area contributed by atoms with E-state index in [0.717, 1.165) is 25.9 Å². The Hall–Kier alpha value is -1.29. The van der Waals surface area contributed by atoms with Gasteiger partial charge in [0.05, 0.1) is 10.6 Å². The largest absolute Gasteiger partial charge is 0.478 e. The second kappa shape index (κ2) is 6.05. The molecule has 1 aliphatic rings. The molecule has 0 atom stereocenters. The highest BCUT2D eigenvalue weighted by atomic mass is 35.5. The predicted molar refractivity (Wildman–Crippen MR) is 71.5 cm³/mol. The molecule has 2 heterocycles. The predicted octanol–water partition coefficient (Wildman–Crippen LogP) is 3.20. The molecule has 0 amide bonds. The minimum absolute atomic E-state index is 0.128. The van der Waals surface area contributed by atoms with Gasteiger partial charge in [0.1, 0.15) is 5.82 Å². The molecule has 0 unspecified atom stereocenters. The van der Waals surface area contributed by atoms with Gasteiger partial charge in [0, 0.05) is 19.3 Å². The van der Waals surface area contributed by atoms with E-state index < -0.39 is 5.97 Å². The molecule has 1 aromatic heterocycles. The first-order valence-corrected chi connectivity index (χ1v) is 6.70. The SMILES string of the molecule is O=C(O)c1ccnc(N2CCCCCCC2)c1Cl. The summed E-state index contributed by atoms with van der Waals surface area (Å²) in [6, 6.07) is 1.44. The van der Waals surface area contributed by atoms with E-state index >= 15 is 0 Å². The summed E-state index contributed by atoms with van der Waals surface area (Å²) < 4.78 is 0. The molecule has 0 spiro atoms. The van der Waals surface area contributed by atoms with Crippen LogP contribution in [-0.2, 0) is 0 Å². The fourth-order valence-corrected chi connectivity index (χ4v) is 2.59. The maximum Gasteiger partial charge on any atom is 0.337 e. The first-order chi connectivity index (χ1) is 8.70. The van der Waals surface area contributed by atoms with Crippen LogP contribution in [0.1, 0.15) is 42.5 Å². The molecule has 1 aromatic rings. The number of anilines is 1. The van der Waals surface area contributed by atoms with Gasteiger partial charge in [0.15, 0.2) is 0 Å². The molecule has 1 N–H and O–H groups in total. The number of hydrogen-bond acceptors (Lipinski definition) is 3. The lowest BCUT2D eigenvalue weighted by atomic mass is 10.1. The number of rotatable bonds is 2. The van der Waals surface area contributed by atoms with E-state index in [0.29, 0.717) is 5.82 Å². The van der Waals surface area contributed by atoms with Crippen molar-refractivity contribution in [2.45, 2.75) is 32.1 Å². The van der Waals surface area contributed by atoms with Crippen LogP contribution < -0.4 is 4.90 Å². The van der Waals surface area contributed by atoms with Crippen LogP contribution in [0.15, 0.2) is 12.3 Å². The van der Waals surface area contributed by atoms with E-state index in [1.807, 2.05) is 0 Å². The maximum atomic E-state index is 11.0. The number of nitrogens with zero attached hydrogens (tertiary/aromatic N) is 2. The fraction of sp³-hybridized carbons (Fsp3) is 0.538. The number of carboxylic acids is 1. The van der Waals surface area contributed by atoms with Gasteiger partial charge in [-0.25, -0.2) is 9.78 Å². The van der Waals surface area contributed by atoms with Gasteiger partial charge in [0.2, 0.25) is 0 Å². The lowest BCUT2D eigenvalue weighted by Crippen LogP contribution is -2.28. The summed E-state index contributed by atoms with van der Waals surface area (Å²) in [4.78, 5) is 17.4. The van der Waals surface area contributed by atoms with E-state index in [4.69, 9.17) is 16.7 Å². The van der Waals surface area contributed by atoms with Crippen molar-refractivity contribution in [1.82, 2.24) is 4.98 Å². The normalized spacial score (nSPS) is 17.1. The highest BCUT2D eigenvalue weighted by Crippen LogP contribution is 2.28. The Morgan fingerprint density at radius 1 is 1.22 bits per heavy atom. The molecule has 0 saturated carbocycles. The molecule has 1 aliphatic heterocycles.